The molecule has 0 saturated carbocycles. The molecule has 0 spiro atoms. The minimum atomic E-state index is 0.219. The smallest absolute Gasteiger partial charge is 0.141 e. The van der Waals surface area contributed by atoms with Crippen LogP contribution < -0.4 is 5.48 Å². The maximum atomic E-state index is 11.6. The van der Waals surface area contributed by atoms with Gasteiger partial charge in [-0.05, 0) is 26.7 Å². The molecule has 0 aromatic heterocycles. The normalized spacial score (nSPS) is 11.4. The molecule has 0 heterocycles. The van der Waals surface area contributed by atoms with E-state index in [9.17, 15) is 10.1 Å². The van der Waals surface area contributed by atoms with Crippen molar-refractivity contribution in [1.29, 1.82) is 0 Å². The zero-order valence-corrected chi connectivity index (χ0v) is 13.7. The highest BCUT2D eigenvalue weighted by Crippen LogP contribution is 2.46. The van der Waals surface area contributed by atoms with Gasteiger partial charge in [-0.3, -0.25) is 10.7 Å². The molecule has 0 radical (unpaired) electrons. The third-order valence-corrected chi connectivity index (χ3v) is 5.07. The fourth-order valence-corrected chi connectivity index (χ4v) is 3.96. The van der Waals surface area contributed by atoms with Crippen LogP contribution in [0.4, 0.5) is 11.4 Å². The molecule has 0 bridgehead atoms. The molecule has 4 heteroatoms. The van der Waals surface area contributed by atoms with E-state index in [0.717, 1.165) is 43.1 Å². The number of benzene rings is 5. The van der Waals surface area contributed by atoms with Crippen molar-refractivity contribution in [2.24, 2.45) is 5.18 Å². The molecular weight excluding hydrogens is 324 g/mol. The molecule has 0 saturated heterocycles. The van der Waals surface area contributed by atoms with E-state index in [1.54, 1.807) is 0 Å². The van der Waals surface area contributed by atoms with Crippen molar-refractivity contribution >= 4 is 54.5 Å². The number of nitrogens with one attached hydrogen (secondary N) is 1. The van der Waals surface area contributed by atoms with Gasteiger partial charge in [-0.2, -0.15) is 0 Å². The SMILES string of the molecule is O=Nc1c(NO)c2ccc3ccccc3c2c2c1ccc1ccccc12. The zero-order valence-electron chi connectivity index (χ0n) is 13.7. The van der Waals surface area contributed by atoms with Crippen LogP contribution in [0.1, 0.15) is 0 Å². The number of nitrogens with zero attached hydrogens (tertiary/aromatic N) is 1. The Labute approximate surface area is 148 Å². The van der Waals surface area contributed by atoms with Crippen molar-refractivity contribution in [2.45, 2.75) is 0 Å². The fourth-order valence-electron chi connectivity index (χ4n) is 3.96. The Bertz CT molecular complexity index is 1340. The van der Waals surface area contributed by atoms with Gasteiger partial charge in [0.05, 0.1) is 5.69 Å². The second-order valence-corrected chi connectivity index (χ2v) is 6.35. The Hall–Kier alpha value is -3.50. The van der Waals surface area contributed by atoms with Crippen LogP contribution in [0, 0.1) is 4.91 Å². The van der Waals surface area contributed by atoms with Crippen LogP contribution in [-0.4, -0.2) is 5.21 Å². The average molecular weight is 338 g/mol. The van der Waals surface area contributed by atoms with E-state index in [0.29, 0.717) is 5.69 Å². The van der Waals surface area contributed by atoms with Crippen molar-refractivity contribution in [1.82, 2.24) is 0 Å². The number of nitroso groups, excluding NO2 is 1. The Morgan fingerprint density at radius 2 is 1.19 bits per heavy atom. The zero-order chi connectivity index (χ0) is 17.7. The molecule has 5 rings (SSSR count). The first-order chi connectivity index (χ1) is 12.8. The Morgan fingerprint density at radius 1 is 0.654 bits per heavy atom. The lowest BCUT2D eigenvalue weighted by molar-refractivity contribution is 0.390. The minimum absolute atomic E-state index is 0.219. The van der Waals surface area contributed by atoms with Crippen LogP contribution in [0.2, 0.25) is 0 Å². The van der Waals surface area contributed by atoms with E-state index in [1.165, 1.54) is 0 Å². The van der Waals surface area contributed by atoms with Gasteiger partial charge in [0, 0.05) is 21.5 Å². The summed E-state index contributed by atoms with van der Waals surface area (Å²) < 4.78 is 0. The molecule has 0 aliphatic rings. The molecule has 0 aliphatic carbocycles. The topological polar surface area (TPSA) is 61.7 Å². The van der Waals surface area contributed by atoms with Crippen molar-refractivity contribution in [3.8, 4) is 0 Å². The highest BCUT2D eigenvalue weighted by molar-refractivity contribution is 6.32. The van der Waals surface area contributed by atoms with Gasteiger partial charge in [0.2, 0.25) is 0 Å². The van der Waals surface area contributed by atoms with Gasteiger partial charge in [-0.1, -0.05) is 72.8 Å². The lowest BCUT2D eigenvalue weighted by Gasteiger charge is -2.16. The Kier molecular flexibility index (Phi) is 3.14. The minimum Gasteiger partial charge on any atom is -0.291 e. The summed E-state index contributed by atoms with van der Waals surface area (Å²) >= 11 is 0. The van der Waals surface area contributed by atoms with Crippen molar-refractivity contribution in [3.63, 3.8) is 0 Å². The van der Waals surface area contributed by atoms with Crippen LogP contribution in [0.5, 0.6) is 0 Å². The monoisotopic (exact) mass is 338 g/mol. The van der Waals surface area contributed by atoms with Crippen molar-refractivity contribution in [3.05, 3.63) is 77.7 Å². The Morgan fingerprint density at radius 3 is 1.77 bits per heavy atom. The molecule has 0 fully saturated rings. The van der Waals surface area contributed by atoms with E-state index < -0.39 is 0 Å². The van der Waals surface area contributed by atoms with Gasteiger partial charge in [-0.25, -0.2) is 0 Å². The van der Waals surface area contributed by atoms with Crippen LogP contribution in [0.25, 0.3) is 43.1 Å². The molecule has 26 heavy (non-hydrogen) atoms. The number of hydrogen-bond acceptors (Lipinski definition) is 4. The molecule has 4 nitrogen and oxygen atoms in total. The standard InChI is InChI=1S/C22H14N2O2/c25-23-21-17-11-9-13-5-1-3-7-15(13)19(17)20-16-8-4-2-6-14(16)10-12-18(20)22(21)24-26/h1-12,23,25H. The predicted octanol–water partition coefficient (Wildman–Crippen LogP) is 6.50. The van der Waals surface area contributed by atoms with Gasteiger partial charge in [-0.15, -0.1) is 4.91 Å². The van der Waals surface area contributed by atoms with Crippen LogP contribution in [-0.2, 0) is 0 Å². The van der Waals surface area contributed by atoms with E-state index in [1.807, 2.05) is 48.5 Å². The third-order valence-electron chi connectivity index (χ3n) is 5.07. The van der Waals surface area contributed by atoms with Crippen LogP contribution >= 0.6 is 0 Å². The first kappa shape index (κ1) is 14.8. The number of hydrogen-bond donors (Lipinski definition) is 2. The van der Waals surface area contributed by atoms with E-state index in [2.05, 4.69) is 34.9 Å². The predicted molar refractivity (Wildman–Crippen MR) is 107 cm³/mol. The summed E-state index contributed by atoms with van der Waals surface area (Å²) in [5.74, 6) is 0. The summed E-state index contributed by atoms with van der Waals surface area (Å²) in [7, 11) is 0. The second-order valence-electron chi connectivity index (χ2n) is 6.35. The molecule has 0 aliphatic heterocycles. The van der Waals surface area contributed by atoms with Gasteiger partial charge < -0.3 is 0 Å². The third kappa shape index (κ3) is 1.87. The van der Waals surface area contributed by atoms with Gasteiger partial charge in [0.1, 0.15) is 5.69 Å². The summed E-state index contributed by atoms with van der Waals surface area (Å²) in [4.78, 5) is 11.6. The summed E-state index contributed by atoms with van der Waals surface area (Å²) in [6, 6.07) is 24.0. The Balaban J connectivity index is 2.23. The van der Waals surface area contributed by atoms with E-state index in [4.69, 9.17) is 0 Å². The first-order valence-corrected chi connectivity index (χ1v) is 8.36. The molecule has 124 valence electrons. The fraction of sp³-hybridized carbons (Fsp3) is 0. The summed E-state index contributed by atoms with van der Waals surface area (Å²) in [5, 5.41) is 20.8. The highest BCUT2D eigenvalue weighted by atomic mass is 16.5. The van der Waals surface area contributed by atoms with Gasteiger partial charge in [0.15, 0.2) is 0 Å². The molecule has 0 amide bonds. The average Bonchev–Trinajstić information content (AvgIpc) is 2.71. The molecule has 5 aromatic rings. The maximum Gasteiger partial charge on any atom is 0.141 e. The lowest BCUT2D eigenvalue weighted by atomic mass is 9.91. The van der Waals surface area contributed by atoms with Gasteiger partial charge in [0.25, 0.3) is 0 Å². The highest BCUT2D eigenvalue weighted by Gasteiger charge is 2.18. The van der Waals surface area contributed by atoms with E-state index in [-0.39, 0.29) is 5.69 Å². The number of rotatable bonds is 2. The van der Waals surface area contributed by atoms with Crippen molar-refractivity contribution < 1.29 is 5.21 Å². The van der Waals surface area contributed by atoms with Crippen molar-refractivity contribution in [2.75, 3.05) is 5.48 Å². The number of fused-ring (bicyclic) bond motifs is 7. The molecule has 2 N–H and O–H groups in total. The summed E-state index contributed by atoms with van der Waals surface area (Å²) in [6.45, 7) is 0. The molecular formula is C22H14N2O2. The first-order valence-electron chi connectivity index (χ1n) is 8.36. The lowest BCUT2D eigenvalue weighted by Crippen LogP contribution is -1.94. The van der Waals surface area contributed by atoms with Crippen LogP contribution in [0.3, 0.4) is 0 Å². The second kappa shape index (κ2) is 5.51. The molecule has 5 aromatic carbocycles. The summed E-state index contributed by atoms with van der Waals surface area (Å²) in [5.41, 5.74) is 2.76. The largest absolute Gasteiger partial charge is 0.291 e. The van der Waals surface area contributed by atoms with E-state index >= 15 is 0 Å². The molecule has 0 atom stereocenters. The van der Waals surface area contributed by atoms with Gasteiger partial charge >= 0.3 is 0 Å². The quantitative estimate of drug-likeness (QED) is 0.219. The summed E-state index contributed by atoms with van der Waals surface area (Å²) in [6.07, 6.45) is 0. The maximum absolute atomic E-state index is 11.6. The van der Waals surface area contributed by atoms with Crippen LogP contribution in [0.15, 0.2) is 78.0 Å². The molecule has 0 unspecified atom stereocenters. The number of anilines is 1.